The molecular weight excluding hydrogens is 405 g/mol. The Balaban J connectivity index is 1.67. The van der Waals surface area contributed by atoms with Crippen molar-refractivity contribution in [1.29, 1.82) is 0 Å². The molecule has 6 nitrogen and oxygen atoms in total. The zero-order valence-corrected chi connectivity index (χ0v) is 16.2. The van der Waals surface area contributed by atoms with Crippen LogP contribution in [0.4, 0.5) is 5.95 Å². The van der Waals surface area contributed by atoms with E-state index in [1.807, 2.05) is 11.4 Å². The van der Waals surface area contributed by atoms with Gasteiger partial charge in [-0.2, -0.15) is 4.68 Å². The Morgan fingerprint density at radius 3 is 2.70 bits per heavy atom. The average Bonchev–Trinajstić information content (AvgIpc) is 3.32. The third-order valence-electron chi connectivity index (χ3n) is 5.00. The number of nitrogens with one attached hydrogen (secondary N) is 1. The lowest BCUT2D eigenvalue weighted by molar-refractivity contribution is -0.116. The Labute approximate surface area is 168 Å². The van der Waals surface area contributed by atoms with Gasteiger partial charge in [0, 0.05) is 44.1 Å². The topological polar surface area (TPSA) is 72.7 Å². The molecule has 2 atom stereocenters. The zero-order valence-electron chi connectivity index (χ0n) is 13.9. The molecule has 1 N–H and O–H groups in total. The molecule has 0 bridgehead atoms. The molecule has 2 aliphatic rings. The van der Waals surface area contributed by atoms with Gasteiger partial charge in [0.1, 0.15) is 6.04 Å². The Morgan fingerprint density at radius 2 is 1.96 bits per heavy atom. The normalized spacial score (nSPS) is 21.6. The molecule has 1 aliphatic heterocycles. The highest BCUT2D eigenvalue weighted by Crippen LogP contribution is 2.47. The van der Waals surface area contributed by atoms with Gasteiger partial charge in [0.2, 0.25) is 5.95 Å². The van der Waals surface area contributed by atoms with E-state index in [2.05, 4.69) is 26.9 Å². The van der Waals surface area contributed by atoms with E-state index in [1.54, 1.807) is 34.2 Å². The molecule has 1 aromatic carbocycles. The van der Waals surface area contributed by atoms with E-state index in [4.69, 9.17) is 23.2 Å². The third kappa shape index (κ3) is 2.69. The van der Waals surface area contributed by atoms with E-state index < -0.39 is 6.04 Å². The summed E-state index contributed by atoms with van der Waals surface area (Å²) in [7, 11) is 0. The first-order chi connectivity index (χ1) is 13.1. The van der Waals surface area contributed by atoms with Crippen molar-refractivity contribution in [3.05, 3.63) is 67.5 Å². The fraction of sp³-hybridized carbons (Fsp3) is 0.222. The summed E-state index contributed by atoms with van der Waals surface area (Å²) in [6, 6.07) is 8.84. The van der Waals surface area contributed by atoms with Crippen LogP contribution in [0.25, 0.3) is 0 Å². The standard InChI is InChI=1S/C18H13Cl2N5OS/c19-10-3-1-4-11(20)15(10)17-16-12(21-18-22-23-24-25(17)18)7-9(8-13(16)26)14-5-2-6-27-14/h1-6,9,17H,7-8H2,(H,21,22,24). The summed E-state index contributed by atoms with van der Waals surface area (Å²) in [4.78, 5) is 14.4. The van der Waals surface area contributed by atoms with Crippen LogP contribution in [0.2, 0.25) is 10.0 Å². The van der Waals surface area contributed by atoms with Crippen LogP contribution >= 0.6 is 34.5 Å². The Kier molecular flexibility index (Phi) is 4.03. The van der Waals surface area contributed by atoms with Gasteiger partial charge in [0.25, 0.3) is 0 Å². The van der Waals surface area contributed by atoms with Gasteiger partial charge in [-0.15, -0.1) is 11.3 Å². The minimum Gasteiger partial charge on any atom is -0.326 e. The van der Waals surface area contributed by atoms with E-state index in [1.165, 1.54) is 4.88 Å². The average molecular weight is 418 g/mol. The van der Waals surface area contributed by atoms with Crippen molar-refractivity contribution in [2.75, 3.05) is 5.32 Å². The maximum absolute atomic E-state index is 13.2. The molecule has 0 saturated carbocycles. The summed E-state index contributed by atoms with van der Waals surface area (Å²) in [5, 5.41) is 18.2. The molecule has 2 unspecified atom stereocenters. The maximum Gasteiger partial charge on any atom is 0.248 e. The number of tetrazole rings is 1. The molecule has 0 spiro atoms. The van der Waals surface area contributed by atoms with Crippen LogP contribution in [0, 0.1) is 0 Å². The quantitative estimate of drug-likeness (QED) is 0.666. The number of aromatic nitrogens is 4. The van der Waals surface area contributed by atoms with E-state index in [-0.39, 0.29) is 11.7 Å². The molecule has 9 heteroatoms. The number of carbonyl (C=O) groups is 1. The van der Waals surface area contributed by atoms with Gasteiger partial charge in [-0.1, -0.05) is 40.4 Å². The molecule has 0 radical (unpaired) electrons. The van der Waals surface area contributed by atoms with Crippen LogP contribution in [0.3, 0.4) is 0 Å². The first kappa shape index (κ1) is 16.9. The highest BCUT2D eigenvalue weighted by Gasteiger charge is 2.41. The van der Waals surface area contributed by atoms with Crippen molar-refractivity contribution in [3.63, 3.8) is 0 Å². The molecule has 3 aromatic rings. The highest BCUT2D eigenvalue weighted by atomic mass is 35.5. The van der Waals surface area contributed by atoms with Crippen LogP contribution in [-0.2, 0) is 4.79 Å². The van der Waals surface area contributed by atoms with Gasteiger partial charge in [0.05, 0.1) is 0 Å². The number of benzene rings is 1. The molecule has 1 aliphatic carbocycles. The lowest BCUT2D eigenvalue weighted by Gasteiger charge is -2.34. The lowest BCUT2D eigenvalue weighted by Crippen LogP contribution is -2.33. The summed E-state index contributed by atoms with van der Waals surface area (Å²) in [6.07, 6.45) is 1.16. The smallest absolute Gasteiger partial charge is 0.248 e. The molecular formula is C18H13Cl2N5OS. The van der Waals surface area contributed by atoms with Crippen LogP contribution in [0.5, 0.6) is 0 Å². The fourth-order valence-corrected chi connectivity index (χ4v) is 5.27. The monoisotopic (exact) mass is 417 g/mol. The largest absolute Gasteiger partial charge is 0.326 e. The number of halogens is 2. The van der Waals surface area contributed by atoms with Crippen molar-refractivity contribution in [3.8, 4) is 0 Å². The number of thiophene rings is 1. The Hall–Kier alpha value is -2.22. The summed E-state index contributed by atoms with van der Waals surface area (Å²) >= 11 is 14.6. The van der Waals surface area contributed by atoms with Crippen molar-refractivity contribution < 1.29 is 4.79 Å². The minimum atomic E-state index is -0.538. The Bertz CT molecular complexity index is 1060. The van der Waals surface area contributed by atoms with Gasteiger partial charge in [-0.25, -0.2) is 0 Å². The molecule has 27 heavy (non-hydrogen) atoms. The van der Waals surface area contributed by atoms with Crippen molar-refractivity contribution >= 4 is 46.3 Å². The fourth-order valence-electron chi connectivity index (χ4n) is 3.84. The second kappa shape index (κ2) is 6.44. The maximum atomic E-state index is 13.2. The van der Waals surface area contributed by atoms with E-state index >= 15 is 0 Å². The number of fused-ring (bicyclic) bond motifs is 1. The summed E-state index contributed by atoms with van der Waals surface area (Å²) in [6.45, 7) is 0. The number of anilines is 1. The van der Waals surface area contributed by atoms with Gasteiger partial charge in [-0.05, 0) is 40.4 Å². The van der Waals surface area contributed by atoms with E-state index in [9.17, 15) is 4.79 Å². The van der Waals surface area contributed by atoms with Crippen LogP contribution < -0.4 is 5.32 Å². The molecule has 0 fully saturated rings. The van der Waals surface area contributed by atoms with Crippen molar-refractivity contribution in [1.82, 2.24) is 20.2 Å². The first-order valence-corrected chi connectivity index (χ1v) is 10.1. The second-order valence-corrected chi connectivity index (χ2v) is 8.34. The van der Waals surface area contributed by atoms with Gasteiger partial charge >= 0.3 is 0 Å². The molecule has 2 aromatic heterocycles. The second-order valence-electron chi connectivity index (χ2n) is 6.55. The Morgan fingerprint density at radius 1 is 1.15 bits per heavy atom. The SMILES string of the molecule is O=C1CC(c2cccs2)CC2=C1C(c1c(Cl)cccc1Cl)n1nnnc1N2. The number of carbonyl (C=O) groups excluding carboxylic acids is 1. The van der Waals surface area contributed by atoms with Crippen molar-refractivity contribution in [2.45, 2.75) is 24.8 Å². The predicted molar refractivity (Wildman–Crippen MR) is 104 cm³/mol. The molecule has 3 heterocycles. The number of hydrogen-bond donors (Lipinski definition) is 1. The number of allylic oxidation sites excluding steroid dienone is 2. The molecule has 5 rings (SSSR count). The molecule has 0 saturated heterocycles. The summed E-state index contributed by atoms with van der Waals surface area (Å²) in [5.41, 5.74) is 2.12. The number of Topliss-reactive ketones (excluding diaryl/α,β-unsaturated/α-hetero) is 1. The van der Waals surface area contributed by atoms with Gasteiger partial charge in [0.15, 0.2) is 5.78 Å². The van der Waals surface area contributed by atoms with E-state index in [0.717, 1.165) is 5.70 Å². The van der Waals surface area contributed by atoms with Gasteiger partial charge < -0.3 is 5.32 Å². The minimum absolute atomic E-state index is 0.0595. The zero-order chi connectivity index (χ0) is 18.5. The number of ketones is 1. The summed E-state index contributed by atoms with van der Waals surface area (Å²) in [5.74, 6) is 0.687. The van der Waals surface area contributed by atoms with Crippen LogP contribution in [0.15, 0.2) is 47.0 Å². The molecule has 136 valence electrons. The summed E-state index contributed by atoms with van der Waals surface area (Å²) < 4.78 is 1.58. The number of hydrogen-bond acceptors (Lipinski definition) is 6. The predicted octanol–water partition coefficient (Wildman–Crippen LogP) is 4.46. The highest BCUT2D eigenvalue weighted by molar-refractivity contribution is 7.10. The van der Waals surface area contributed by atoms with Crippen molar-refractivity contribution in [2.24, 2.45) is 0 Å². The van der Waals surface area contributed by atoms with Crippen LogP contribution in [-0.4, -0.2) is 26.0 Å². The van der Waals surface area contributed by atoms with Crippen LogP contribution in [0.1, 0.15) is 35.2 Å². The lowest BCUT2D eigenvalue weighted by atomic mass is 9.80. The van der Waals surface area contributed by atoms with E-state index in [0.29, 0.717) is 40.0 Å². The number of nitrogens with zero attached hydrogens (tertiary/aromatic N) is 4. The molecule has 0 amide bonds. The number of rotatable bonds is 2. The van der Waals surface area contributed by atoms with Gasteiger partial charge in [-0.3, -0.25) is 4.79 Å². The third-order valence-corrected chi connectivity index (χ3v) is 6.69. The first-order valence-electron chi connectivity index (χ1n) is 8.42.